The first-order chi connectivity index (χ1) is 13.7. The molecule has 0 atom stereocenters. The molecule has 0 saturated carbocycles. The second-order valence-corrected chi connectivity index (χ2v) is 6.47. The van der Waals surface area contributed by atoms with Gasteiger partial charge in [0.15, 0.2) is 0 Å². The molecule has 0 fully saturated rings. The molecule has 4 aromatic rings. The standard InChI is InChI=1S/C23H21N3O2/c1-2-28-20-12-6-17(7-13-20)15-23(27)24-19-10-8-18(9-11-19)21-16-26-14-4-3-5-22(26)25-21/h3-14,16H,2,15H2,1H3,(H,24,27). The molecule has 5 nitrogen and oxygen atoms in total. The van der Waals surface area contributed by atoms with Crippen LogP contribution in [0.15, 0.2) is 79.1 Å². The smallest absolute Gasteiger partial charge is 0.228 e. The molecule has 5 heteroatoms. The summed E-state index contributed by atoms with van der Waals surface area (Å²) in [7, 11) is 0. The van der Waals surface area contributed by atoms with Gasteiger partial charge in [-0.2, -0.15) is 0 Å². The molecule has 0 saturated heterocycles. The Bertz CT molecular complexity index is 1050. The first kappa shape index (κ1) is 17.8. The predicted octanol–water partition coefficient (Wildman–Crippen LogP) is 4.58. The molecule has 2 heterocycles. The van der Waals surface area contributed by atoms with Gasteiger partial charge in [-0.3, -0.25) is 4.79 Å². The van der Waals surface area contributed by atoms with Gasteiger partial charge in [-0.05, 0) is 48.9 Å². The lowest BCUT2D eigenvalue weighted by Crippen LogP contribution is -2.14. The highest BCUT2D eigenvalue weighted by Gasteiger charge is 2.07. The van der Waals surface area contributed by atoms with Crippen LogP contribution in [0.25, 0.3) is 16.9 Å². The van der Waals surface area contributed by atoms with Crippen LogP contribution in [0.2, 0.25) is 0 Å². The summed E-state index contributed by atoms with van der Waals surface area (Å²) in [5.74, 6) is 0.763. The molecule has 140 valence electrons. The summed E-state index contributed by atoms with van der Waals surface area (Å²) in [5, 5.41) is 2.94. The van der Waals surface area contributed by atoms with Crippen LogP contribution in [-0.2, 0) is 11.2 Å². The molecule has 2 aromatic carbocycles. The zero-order valence-corrected chi connectivity index (χ0v) is 15.6. The fourth-order valence-corrected chi connectivity index (χ4v) is 3.06. The maximum absolute atomic E-state index is 12.3. The number of hydrogen-bond donors (Lipinski definition) is 1. The van der Waals surface area contributed by atoms with Gasteiger partial charge in [0.25, 0.3) is 0 Å². The van der Waals surface area contributed by atoms with Crippen LogP contribution in [0.3, 0.4) is 0 Å². The molecule has 0 aliphatic heterocycles. The number of nitrogens with zero attached hydrogens (tertiary/aromatic N) is 2. The summed E-state index contributed by atoms with van der Waals surface area (Å²) in [6.45, 7) is 2.58. The molecule has 0 aliphatic rings. The summed E-state index contributed by atoms with van der Waals surface area (Å²) in [6.07, 6.45) is 4.29. The van der Waals surface area contributed by atoms with Gasteiger partial charge in [-0.25, -0.2) is 4.98 Å². The number of benzene rings is 2. The summed E-state index contributed by atoms with van der Waals surface area (Å²) >= 11 is 0. The van der Waals surface area contributed by atoms with Gasteiger partial charge >= 0.3 is 0 Å². The van der Waals surface area contributed by atoms with E-state index in [1.807, 2.05) is 90.4 Å². The van der Waals surface area contributed by atoms with E-state index in [0.29, 0.717) is 13.0 Å². The molecule has 1 amide bonds. The molecule has 0 unspecified atom stereocenters. The number of ether oxygens (including phenoxy) is 1. The van der Waals surface area contributed by atoms with Crippen molar-refractivity contribution in [3.05, 3.63) is 84.7 Å². The first-order valence-corrected chi connectivity index (χ1v) is 9.27. The molecule has 0 aliphatic carbocycles. The number of pyridine rings is 1. The Morgan fingerprint density at radius 1 is 1.04 bits per heavy atom. The maximum atomic E-state index is 12.3. The summed E-state index contributed by atoms with van der Waals surface area (Å²) in [4.78, 5) is 16.9. The van der Waals surface area contributed by atoms with Crippen molar-refractivity contribution in [3.63, 3.8) is 0 Å². The molecule has 0 spiro atoms. The highest BCUT2D eigenvalue weighted by atomic mass is 16.5. The van der Waals surface area contributed by atoms with Crippen molar-refractivity contribution < 1.29 is 9.53 Å². The minimum absolute atomic E-state index is 0.0513. The fourth-order valence-electron chi connectivity index (χ4n) is 3.06. The molecule has 4 rings (SSSR count). The normalized spacial score (nSPS) is 10.8. The van der Waals surface area contributed by atoms with E-state index in [2.05, 4.69) is 10.3 Å². The molecule has 0 bridgehead atoms. The predicted molar refractivity (Wildman–Crippen MR) is 111 cm³/mol. The van der Waals surface area contributed by atoms with Crippen LogP contribution in [0.1, 0.15) is 12.5 Å². The van der Waals surface area contributed by atoms with Gasteiger partial charge in [-0.1, -0.05) is 30.3 Å². The van der Waals surface area contributed by atoms with E-state index >= 15 is 0 Å². The van der Waals surface area contributed by atoms with Crippen molar-refractivity contribution in [2.75, 3.05) is 11.9 Å². The van der Waals surface area contributed by atoms with Crippen molar-refractivity contribution in [2.45, 2.75) is 13.3 Å². The van der Waals surface area contributed by atoms with Crippen LogP contribution >= 0.6 is 0 Å². The Labute approximate surface area is 163 Å². The fraction of sp³-hybridized carbons (Fsp3) is 0.130. The minimum atomic E-state index is -0.0513. The largest absolute Gasteiger partial charge is 0.494 e. The van der Waals surface area contributed by atoms with Crippen molar-refractivity contribution in [1.82, 2.24) is 9.38 Å². The van der Waals surface area contributed by atoms with E-state index in [-0.39, 0.29) is 5.91 Å². The molecule has 2 aromatic heterocycles. The zero-order chi connectivity index (χ0) is 19.3. The summed E-state index contributed by atoms with van der Waals surface area (Å²) in [6, 6.07) is 21.2. The van der Waals surface area contributed by atoms with E-state index in [9.17, 15) is 4.79 Å². The van der Waals surface area contributed by atoms with Gasteiger partial charge in [0.05, 0.1) is 18.7 Å². The number of nitrogens with one attached hydrogen (secondary N) is 1. The molecule has 1 N–H and O–H groups in total. The van der Waals surface area contributed by atoms with Crippen LogP contribution in [0, 0.1) is 0 Å². The van der Waals surface area contributed by atoms with Crippen LogP contribution < -0.4 is 10.1 Å². The van der Waals surface area contributed by atoms with Crippen molar-refractivity contribution in [2.24, 2.45) is 0 Å². The third-order valence-electron chi connectivity index (χ3n) is 4.43. The van der Waals surface area contributed by atoms with Gasteiger partial charge in [0.1, 0.15) is 11.4 Å². The van der Waals surface area contributed by atoms with E-state index in [1.54, 1.807) is 0 Å². The molecular formula is C23H21N3O2. The highest BCUT2D eigenvalue weighted by molar-refractivity contribution is 5.92. The van der Waals surface area contributed by atoms with Gasteiger partial charge in [-0.15, -0.1) is 0 Å². The van der Waals surface area contributed by atoms with Crippen LogP contribution in [-0.4, -0.2) is 21.9 Å². The van der Waals surface area contributed by atoms with Crippen molar-refractivity contribution in [3.8, 4) is 17.0 Å². The Balaban J connectivity index is 1.40. The van der Waals surface area contributed by atoms with Crippen LogP contribution in [0.4, 0.5) is 5.69 Å². The Hall–Kier alpha value is -3.60. The van der Waals surface area contributed by atoms with Crippen molar-refractivity contribution in [1.29, 1.82) is 0 Å². The number of carbonyl (C=O) groups excluding carboxylic acids is 1. The average Bonchev–Trinajstić information content (AvgIpc) is 3.14. The lowest BCUT2D eigenvalue weighted by molar-refractivity contribution is -0.115. The Kier molecular flexibility index (Phi) is 5.06. The second-order valence-electron chi connectivity index (χ2n) is 6.47. The number of hydrogen-bond acceptors (Lipinski definition) is 3. The number of anilines is 1. The highest BCUT2D eigenvalue weighted by Crippen LogP contribution is 2.21. The molecule has 0 radical (unpaired) electrons. The number of aromatic nitrogens is 2. The lowest BCUT2D eigenvalue weighted by Gasteiger charge is -2.07. The number of rotatable bonds is 6. The zero-order valence-electron chi connectivity index (χ0n) is 15.6. The van der Waals surface area contributed by atoms with Gasteiger partial charge < -0.3 is 14.5 Å². The van der Waals surface area contributed by atoms with E-state index < -0.39 is 0 Å². The van der Waals surface area contributed by atoms with Crippen LogP contribution in [0.5, 0.6) is 5.75 Å². The second kappa shape index (κ2) is 7.96. The third-order valence-corrected chi connectivity index (χ3v) is 4.43. The number of fused-ring (bicyclic) bond motifs is 1. The molecule has 28 heavy (non-hydrogen) atoms. The average molecular weight is 371 g/mol. The summed E-state index contributed by atoms with van der Waals surface area (Å²) < 4.78 is 7.41. The van der Waals surface area contributed by atoms with E-state index in [4.69, 9.17) is 4.74 Å². The quantitative estimate of drug-likeness (QED) is 0.540. The molecular weight excluding hydrogens is 350 g/mol. The Morgan fingerprint density at radius 2 is 1.82 bits per heavy atom. The number of imidazole rings is 1. The van der Waals surface area contributed by atoms with Gasteiger partial charge in [0, 0.05) is 23.6 Å². The third kappa shape index (κ3) is 4.04. The number of amides is 1. The van der Waals surface area contributed by atoms with Gasteiger partial charge in [0.2, 0.25) is 5.91 Å². The monoisotopic (exact) mass is 371 g/mol. The maximum Gasteiger partial charge on any atom is 0.228 e. The minimum Gasteiger partial charge on any atom is -0.494 e. The SMILES string of the molecule is CCOc1ccc(CC(=O)Nc2ccc(-c3cn4ccccc4n3)cc2)cc1. The van der Waals surface area contributed by atoms with Crippen molar-refractivity contribution >= 4 is 17.2 Å². The summed E-state index contributed by atoms with van der Waals surface area (Å²) in [5.41, 5.74) is 4.53. The first-order valence-electron chi connectivity index (χ1n) is 9.27. The topological polar surface area (TPSA) is 55.6 Å². The Morgan fingerprint density at radius 3 is 2.54 bits per heavy atom. The van der Waals surface area contributed by atoms with E-state index in [0.717, 1.165) is 33.9 Å². The van der Waals surface area contributed by atoms with E-state index in [1.165, 1.54) is 0 Å². The number of carbonyl (C=O) groups is 1. The lowest BCUT2D eigenvalue weighted by atomic mass is 10.1.